The van der Waals surface area contributed by atoms with Gasteiger partial charge in [-0.3, -0.25) is 0 Å². The molecule has 1 atom stereocenters. The predicted molar refractivity (Wildman–Crippen MR) is 77.5 cm³/mol. The summed E-state index contributed by atoms with van der Waals surface area (Å²) in [7, 11) is 1.69. The molecule has 0 saturated carbocycles. The molecular formula is C14H16BrF2N3. The molecule has 20 heavy (non-hydrogen) atoms. The van der Waals surface area contributed by atoms with Crippen molar-refractivity contribution in [2.75, 3.05) is 7.05 Å². The number of hydrogen-bond donors (Lipinski definition) is 1. The number of nitrogens with zero attached hydrogens (tertiary/aromatic N) is 2. The average molecular weight is 344 g/mol. The first-order valence-electron chi connectivity index (χ1n) is 6.38. The Morgan fingerprint density at radius 1 is 1.35 bits per heavy atom. The van der Waals surface area contributed by atoms with E-state index < -0.39 is 17.7 Å². The summed E-state index contributed by atoms with van der Waals surface area (Å²) in [5.74, 6) is -0.328. The molecule has 0 aliphatic rings. The molecule has 0 spiro atoms. The quantitative estimate of drug-likeness (QED) is 0.901. The summed E-state index contributed by atoms with van der Waals surface area (Å²) in [4.78, 5) is 4.25. The summed E-state index contributed by atoms with van der Waals surface area (Å²) in [5, 5.41) is 2.96. The van der Waals surface area contributed by atoms with Crippen LogP contribution in [0.5, 0.6) is 0 Å². The number of rotatable bonds is 5. The number of likely N-dealkylation sites (N-methyl/N-ethyl adjacent to an activating group) is 1. The summed E-state index contributed by atoms with van der Waals surface area (Å²) in [5.41, 5.74) is 0.0429. The maximum Gasteiger partial charge on any atom is 0.132 e. The fourth-order valence-corrected chi connectivity index (χ4v) is 2.64. The highest BCUT2D eigenvalue weighted by Crippen LogP contribution is 2.26. The lowest BCUT2D eigenvalue weighted by Gasteiger charge is -2.18. The zero-order chi connectivity index (χ0) is 14.7. The van der Waals surface area contributed by atoms with Crippen molar-refractivity contribution in [3.63, 3.8) is 0 Å². The van der Waals surface area contributed by atoms with Crippen LogP contribution in [0.1, 0.15) is 24.4 Å². The van der Waals surface area contributed by atoms with E-state index in [0.29, 0.717) is 10.9 Å². The number of benzene rings is 1. The molecule has 0 saturated heterocycles. The minimum absolute atomic E-state index is 0.0429. The van der Waals surface area contributed by atoms with Gasteiger partial charge in [-0.1, -0.05) is 15.9 Å². The fraction of sp³-hybridized carbons (Fsp3) is 0.357. The zero-order valence-electron chi connectivity index (χ0n) is 11.3. The van der Waals surface area contributed by atoms with E-state index in [4.69, 9.17) is 0 Å². The number of nitrogens with one attached hydrogen (secondary N) is 1. The molecule has 1 unspecified atom stereocenters. The van der Waals surface area contributed by atoms with Crippen LogP contribution in [0, 0.1) is 11.6 Å². The van der Waals surface area contributed by atoms with Gasteiger partial charge in [-0.25, -0.2) is 13.8 Å². The summed E-state index contributed by atoms with van der Waals surface area (Å²) in [6, 6.07) is 2.08. The molecule has 0 aliphatic carbocycles. The van der Waals surface area contributed by atoms with Crippen LogP contribution in [0.15, 0.2) is 29.0 Å². The van der Waals surface area contributed by atoms with E-state index in [9.17, 15) is 8.78 Å². The molecule has 0 fully saturated rings. The van der Waals surface area contributed by atoms with Gasteiger partial charge in [0.05, 0.1) is 0 Å². The molecule has 2 aromatic rings. The molecular weight excluding hydrogens is 328 g/mol. The van der Waals surface area contributed by atoms with E-state index in [1.165, 1.54) is 12.1 Å². The first kappa shape index (κ1) is 15.1. The molecule has 0 amide bonds. The Balaban J connectivity index is 2.34. The molecule has 3 nitrogen and oxygen atoms in total. The highest BCUT2D eigenvalue weighted by atomic mass is 79.9. The second-order valence-electron chi connectivity index (χ2n) is 4.46. The Bertz CT molecular complexity index is 575. The van der Waals surface area contributed by atoms with Crippen LogP contribution in [0.25, 0.3) is 0 Å². The molecule has 1 aromatic carbocycles. The standard InChI is InChI=1S/C14H16BrF2N3/c1-3-20-5-4-19-13(20)8-12(18-2)14-10(16)6-9(15)7-11(14)17/h4-7,12,18H,3,8H2,1-2H3. The third kappa shape index (κ3) is 3.07. The van der Waals surface area contributed by atoms with Gasteiger partial charge in [0.15, 0.2) is 0 Å². The van der Waals surface area contributed by atoms with Gasteiger partial charge in [0, 0.05) is 41.4 Å². The highest BCUT2D eigenvalue weighted by Gasteiger charge is 2.21. The molecule has 0 aliphatic heterocycles. The van der Waals surface area contributed by atoms with Gasteiger partial charge < -0.3 is 9.88 Å². The van der Waals surface area contributed by atoms with Gasteiger partial charge in [0.2, 0.25) is 0 Å². The van der Waals surface area contributed by atoms with Crippen LogP contribution < -0.4 is 5.32 Å². The molecule has 6 heteroatoms. The van der Waals surface area contributed by atoms with E-state index in [2.05, 4.69) is 26.2 Å². The van der Waals surface area contributed by atoms with Crippen molar-refractivity contribution in [2.24, 2.45) is 0 Å². The molecule has 1 N–H and O–H groups in total. The summed E-state index contributed by atoms with van der Waals surface area (Å²) in [6.45, 7) is 2.78. The van der Waals surface area contributed by atoms with Crippen LogP contribution in [-0.4, -0.2) is 16.6 Å². The summed E-state index contributed by atoms with van der Waals surface area (Å²) >= 11 is 3.08. The van der Waals surface area contributed by atoms with Crippen molar-refractivity contribution < 1.29 is 8.78 Å². The van der Waals surface area contributed by atoms with Crippen LogP contribution in [-0.2, 0) is 13.0 Å². The topological polar surface area (TPSA) is 29.9 Å². The number of hydrogen-bond acceptors (Lipinski definition) is 2. The molecule has 0 radical (unpaired) electrons. The monoisotopic (exact) mass is 343 g/mol. The third-order valence-electron chi connectivity index (χ3n) is 3.27. The first-order chi connectivity index (χ1) is 9.56. The van der Waals surface area contributed by atoms with Crippen LogP contribution >= 0.6 is 15.9 Å². The Kier molecular flexibility index (Phi) is 4.88. The fourth-order valence-electron chi connectivity index (χ4n) is 2.24. The smallest absolute Gasteiger partial charge is 0.132 e. The Hall–Kier alpha value is -1.27. The third-order valence-corrected chi connectivity index (χ3v) is 3.73. The lowest BCUT2D eigenvalue weighted by atomic mass is 10.0. The van der Waals surface area contributed by atoms with Crippen LogP contribution in [0.3, 0.4) is 0 Å². The number of aromatic nitrogens is 2. The average Bonchev–Trinajstić information content (AvgIpc) is 2.83. The Morgan fingerprint density at radius 3 is 2.55 bits per heavy atom. The van der Waals surface area contributed by atoms with Gasteiger partial charge in [-0.15, -0.1) is 0 Å². The summed E-state index contributed by atoms with van der Waals surface area (Å²) < 4.78 is 30.4. The first-order valence-corrected chi connectivity index (χ1v) is 7.17. The minimum Gasteiger partial charge on any atom is -0.335 e. The van der Waals surface area contributed by atoms with Crippen molar-refractivity contribution >= 4 is 15.9 Å². The number of halogens is 3. The largest absolute Gasteiger partial charge is 0.335 e. The normalized spacial score (nSPS) is 12.7. The zero-order valence-corrected chi connectivity index (χ0v) is 12.9. The highest BCUT2D eigenvalue weighted by molar-refractivity contribution is 9.10. The predicted octanol–water partition coefficient (Wildman–Crippen LogP) is 3.45. The van der Waals surface area contributed by atoms with E-state index in [0.717, 1.165) is 12.4 Å². The van der Waals surface area contributed by atoms with Gasteiger partial charge >= 0.3 is 0 Å². The second-order valence-corrected chi connectivity index (χ2v) is 5.37. The maximum absolute atomic E-state index is 14.0. The van der Waals surface area contributed by atoms with Crippen LogP contribution in [0.4, 0.5) is 8.78 Å². The van der Waals surface area contributed by atoms with Gasteiger partial charge in [0.1, 0.15) is 17.5 Å². The van der Waals surface area contributed by atoms with Crippen molar-refractivity contribution in [3.8, 4) is 0 Å². The van der Waals surface area contributed by atoms with Gasteiger partial charge in [-0.2, -0.15) is 0 Å². The van der Waals surface area contributed by atoms with Crippen molar-refractivity contribution in [3.05, 3.63) is 52.0 Å². The molecule has 1 heterocycles. The van der Waals surface area contributed by atoms with Gasteiger partial charge in [0.25, 0.3) is 0 Å². The van der Waals surface area contributed by atoms with E-state index >= 15 is 0 Å². The van der Waals surface area contributed by atoms with Crippen LogP contribution in [0.2, 0.25) is 0 Å². The molecule has 108 valence electrons. The summed E-state index contributed by atoms with van der Waals surface area (Å²) in [6.07, 6.45) is 3.98. The lowest BCUT2D eigenvalue weighted by molar-refractivity contribution is 0.477. The maximum atomic E-state index is 14.0. The minimum atomic E-state index is -0.564. The Labute approximate surface area is 125 Å². The molecule has 1 aromatic heterocycles. The number of imidazole rings is 1. The van der Waals surface area contributed by atoms with E-state index in [-0.39, 0.29) is 5.56 Å². The van der Waals surface area contributed by atoms with Gasteiger partial charge in [-0.05, 0) is 26.1 Å². The van der Waals surface area contributed by atoms with E-state index in [1.807, 2.05) is 17.7 Å². The lowest BCUT2D eigenvalue weighted by Crippen LogP contribution is -2.23. The molecule has 0 bridgehead atoms. The second kappa shape index (κ2) is 6.45. The number of aryl methyl sites for hydroxylation is 1. The SMILES string of the molecule is CCn1ccnc1CC(NC)c1c(F)cc(Br)cc1F. The van der Waals surface area contributed by atoms with Crippen molar-refractivity contribution in [1.29, 1.82) is 0 Å². The molecule has 2 rings (SSSR count). The van der Waals surface area contributed by atoms with Crippen molar-refractivity contribution in [2.45, 2.75) is 25.9 Å². The Morgan fingerprint density at radius 2 is 2.00 bits per heavy atom. The van der Waals surface area contributed by atoms with Crippen molar-refractivity contribution in [1.82, 2.24) is 14.9 Å². The van der Waals surface area contributed by atoms with E-state index in [1.54, 1.807) is 13.2 Å².